The van der Waals surface area contributed by atoms with E-state index in [0.29, 0.717) is 24.5 Å². The van der Waals surface area contributed by atoms with Crippen molar-refractivity contribution in [2.75, 3.05) is 26.7 Å². The molecule has 2 rings (SSSR count). The van der Waals surface area contributed by atoms with Crippen LogP contribution in [0.2, 0.25) is 0 Å². The van der Waals surface area contributed by atoms with Crippen LogP contribution < -0.4 is 10.8 Å². The SMILES string of the molecule is [B]c1cccc(S(=O)(=O)N2CC(CNC)C2)c1. The Balaban J connectivity index is 2.11. The molecule has 1 aromatic rings. The minimum absolute atomic E-state index is 0.278. The van der Waals surface area contributed by atoms with Gasteiger partial charge < -0.3 is 5.32 Å². The van der Waals surface area contributed by atoms with Crippen LogP contribution in [0.1, 0.15) is 0 Å². The molecule has 1 aromatic carbocycles. The third kappa shape index (κ3) is 2.54. The summed E-state index contributed by atoms with van der Waals surface area (Å²) in [6, 6.07) is 6.42. The lowest BCUT2D eigenvalue weighted by Crippen LogP contribution is -2.52. The Hall–Kier alpha value is -0.845. The van der Waals surface area contributed by atoms with Gasteiger partial charge in [0.2, 0.25) is 10.0 Å². The van der Waals surface area contributed by atoms with Gasteiger partial charge in [-0.2, -0.15) is 4.31 Å². The number of benzene rings is 1. The highest BCUT2D eigenvalue weighted by Crippen LogP contribution is 2.23. The summed E-state index contributed by atoms with van der Waals surface area (Å²) in [5, 5.41) is 3.05. The van der Waals surface area contributed by atoms with Crippen molar-refractivity contribution in [3.63, 3.8) is 0 Å². The summed E-state index contributed by atoms with van der Waals surface area (Å²) in [7, 11) is 4.12. The first kappa shape index (κ1) is 12.6. The molecule has 1 heterocycles. The second kappa shape index (κ2) is 4.80. The Morgan fingerprint density at radius 3 is 2.76 bits per heavy atom. The first-order valence-corrected chi connectivity index (χ1v) is 6.98. The number of hydrogen-bond donors (Lipinski definition) is 1. The van der Waals surface area contributed by atoms with E-state index in [1.807, 2.05) is 7.05 Å². The Labute approximate surface area is 103 Å². The molecule has 0 amide bonds. The van der Waals surface area contributed by atoms with E-state index in [2.05, 4.69) is 5.32 Å². The molecule has 17 heavy (non-hydrogen) atoms. The van der Waals surface area contributed by atoms with Crippen molar-refractivity contribution in [3.05, 3.63) is 24.3 Å². The Morgan fingerprint density at radius 1 is 1.47 bits per heavy atom. The van der Waals surface area contributed by atoms with E-state index in [0.717, 1.165) is 6.54 Å². The first-order valence-electron chi connectivity index (χ1n) is 5.54. The summed E-state index contributed by atoms with van der Waals surface area (Å²) >= 11 is 0. The van der Waals surface area contributed by atoms with Gasteiger partial charge in [0.05, 0.1) is 4.90 Å². The molecular weight excluding hydrogens is 235 g/mol. The van der Waals surface area contributed by atoms with Gasteiger partial charge in [0.25, 0.3) is 0 Å². The fourth-order valence-electron chi connectivity index (χ4n) is 1.96. The summed E-state index contributed by atoms with van der Waals surface area (Å²) in [5.74, 6) is 0.413. The Kier molecular flexibility index (Phi) is 3.56. The van der Waals surface area contributed by atoms with Crippen molar-refractivity contribution in [3.8, 4) is 0 Å². The standard InChI is InChI=1S/C11H15BN2O2S/c1-13-6-9-7-14(8-9)17(15,16)11-4-2-3-10(12)5-11/h2-5,9,13H,6-8H2,1H3. The third-order valence-electron chi connectivity index (χ3n) is 2.91. The third-order valence-corrected chi connectivity index (χ3v) is 4.74. The van der Waals surface area contributed by atoms with Crippen LogP contribution in [0.3, 0.4) is 0 Å². The van der Waals surface area contributed by atoms with Gasteiger partial charge in [-0.3, -0.25) is 0 Å². The van der Waals surface area contributed by atoms with E-state index in [1.165, 1.54) is 10.4 Å². The van der Waals surface area contributed by atoms with Crippen LogP contribution in [0.15, 0.2) is 29.2 Å². The monoisotopic (exact) mass is 250 g/mol. The van der Waals surface area contributed by atoms with Crippen molar-refractivity contribution in [2.24, 2.45) is 5.92 Å². The van der Waals surface area contributed by atoms with Gasteiger partial charge >= 0.3 is 0 Å². The first-order chi connectivity index (χ1) is 8.04. The van der Waals surface area contributed by atoms with Gasteiger partial charge in [-0.25, -0.2) is 8.42 Å². The predicted octanol–water partition coefficient (Wildman–Crippen LogP) is -0.680. The number of nitrogens with one attached hydrogen (secondary N) is 1. The van der Waals surface area contributed by atoms with Crippen LogP contribution in [0.5, 0.6) is 0 Å². The maximum atomic E-state index is 12.2. The van der Waals surface area contributed by atoms with Gasteiger partial charge in [-0.15, -0.1) is 0 Å². The maximum Gasteiger partial charge on any atom is 0.243 e. The fourth-order valence-corrected chi connectivity index (χ4v) is 3.61. The summed E-state index contributed by atoms with van der Waals surface area (Å²) in [5.41, 5.74) is 0.471. The molecule has 0 bridgehead atoms. The number of sulfonamides is 1. The van der Waals surface area contributed by atoms with Crippen molar-refractivity contribution in [1.82, 2.24) is 9.62 Å². The van der Waals surface area contributed by atoms with E-state index in [4.69, 9.17) is 7.85 Å². The van der Waals surface area contributed by atoms with Gasteiger partial charge in [0, 0.05) is 19.6 Å². The number of nitrogens with zero attached hydrogens (tertiary/aromatic N) is 1. The van der Waals surface area contributed by atoms with Crippen LogP contribution in [0.4, 0.5) is 0 Å². The highest BCUT2D eigenvalue weighted by atomic mass is 32.2. The summed E-state index contributed by atoms with van der Waals surface area (Å²) in [6.45, 7) is 2.01. The predicted molar refractivity (Wildman–Crippen MR) is 68.0 cm³/mol. The van der Waals surface area contributed by atoms with Crippen molar-refractivity contribution >= 4 is 23.3 Å². The minimum Gasteiger partial charge on any atom is -0.319 e. The van der Waals surface area contributed by atoms with Crippen LogP contribution in [0.25, 0.3) is 0 Å². The maximum absolute atomic E-state index is 12.2. The summed E-state index contributed by atoms with van der Waals surface area (Å²) in [4.78, 5) is 0.278. The molecule has 1 fully saturated rings. The second-order valence-corrected chi connectivity index (χ2v) is 6.26. The summed E-state index contributed by atoms with van der Waals surface area (Å²) < 4.78 is 25.8. The van der Waals surface area contributed by atoms with E-state index in [1.54, 1.807) is 18.2 Å². The lowest BCUT2D eigenvalue weighted by molar-refractivity contribution is 0.199. The molecule has 6 heteroatoms. The molecule has 90 valence electrons. The zero-order valence-electron chi connectivity index (χ0n) is 9.76. The van der Waals surface area contributed by atoms with Crippen LogP contribution in [-0.2, 0) is 10.0 Å². The molecule has 1 aliphatic rings. The van der Waals surface area contributed by atoms with Crippen molar-refractivity contribution < 1.29 is 8.42 Å². The molecular formula is C11H15BN2O2S. The van der Waals surface area contributed by atoms with Gasteiger partial charge in [-0.1, -0.05) is 17.6 Å². The molecule has 4 nitrogen and oxygen atoms in total. The second-order valence-electron chi connectivity index (χ2n) is 4.32. The van der Waals surface area contributed by atoms with E-state index >= 15 is 0 Å². The van der Waals surface area contributed by atoms with Crippen molar-refractivity contribution in [2.45, 2.75) is 4.90 Å². The Bertz CT molecular complexity index is 498. The molecule has 1 aliphatic heterocycles. The molecule has 1 saturated heterocycles. The van der Waals surface area contributed by atoms with Gasteiger partial charge in [-0.05, 0) is 25.1 Å². The zero-order valence-corrected chi connectivity index (χ0v) is 10.6. The molecule has 0 unspecified atom stereocenters. The lowest BCUT2D eigenvalue weighted by Gasteiger charge is -2.38. The van der Waals surface area contributed by atoms with E-state index < -0.39 is 10.0 Å². The fraction of sp³-hybridized carbons (Fsp3) is 0.455. The van der Waals surface area contributed by atoms with Gasteiger partial charge in [0.1, 0.15) is 7.85 Å². The molecule has 0 saturated carbocycles. The average Bonchev–Trinajstić information content (AvgIpc) is 2.22. The molecule has 0 aliphatic carbocycles. The summed E-state index contributed by atoms with van der Waals surface area (Å²) in [6.07, 6.45) is 0. The smallest absolute Gasteiger partial charge is 0.243 e. The normalized spacial score (nSPS) is 17.9. The number of hydrogen-bond acceptors (Lipinski definition) is 3. The zero-order chi connectivity index (χ0) is 12.5. The molecule has 2 radical (unpaired) electrons. The Morgan fingerprint density at radius 2 is 2.18 bits per heavy atom. The quantitative estimate of drug-likeness (QED) is 0.720. The van der Waals surface area contributed by atoms with Crippen LogP contribution >= 0.6 is 0 Å². The van der Waals surface area contributed by atoms with Crippen LogP contribution in [0, 0.1) is 5.92 Å². The molecule has 0 aromatic heterocycles. The minimum atomic E-state index is -3.35. The van der Waals surface area contributed by atoms with E-state index in [9.17, 15) is 8.42 Å². The topological polar surface area (TPSA) is 49.4 Å². The molecule has 1 N–H and O–H groups in total. The highest BCUT2D eigenvalue weighted by Gasteiger charge is 2.35. The van der Waals surface area contributed by atoms with Crippen molar-refractivity contribution in [1.29, 1.82) is 0 Å². The number of rotatable bonds is 4. The molecule has 0 atom stereocenters. The highest BCUT2D eigenvalue weighted by molar-refractivity contribution is 7.89. The molecule has 0 spiro atoms. The van der Waals surface area contributed by atoms with E-state index in [-0.39, 0.29) is 4.90 Å². The lowest BCUT2D eigenvalue weighted by atomic mass is 9.97. The average molecular weight is 250 g/mol. The van der Waals surface area contributed by atoms with Crippen LogP contribution in [-0.4, -0.2) is 47.3 Å². The largest absolute Gasteiger partial charge is 0.319 e. The van der Waals surface area contributed by atoms with Gasteiger partial charge in [0.15, 0.2) is 0 Å².